The number of nitrogens with zero attached hydrogens (tertiary/aromatic N) is 1. The summed E-state index contributed by atoms with van der Waals surface area (Å²) < 4.78 is 0. The zero-order chi connectivity index (χ0) is 11.0. The van der Waals surface area contributed by atoms with Gasteiger partial charge in [0.15, 0.2) is 17.6 Å². The average molecular weight is 224 g/mol. The highest BCUT2D eigenvalue weighted by molar-refractivity contribution is 7.80. The number of rotatable bonds is 1. The van der Waals surface area contributed by atoms with Gasteiger partial charge in [-0.15, -0.1) is 0 Å². The predicted octanol–water partition coefficient (Wildman–Crippen LogP) is 0.326. The zero-order valence-electron chi connectivity index (χ0n) is 8.21. The number of hydrogen-bond donors (Lipinski definition) is 3. The highest BCUT2D eigenvalue weighted by Gasteiger charge is 2.34. The van der Waals surface area contributed by atoms with Crippen molar-refractivity contribution in [2.45, 2.75) is 19.4 Å². The fraction of sp³-hybridized carbons (Fsp3) is 0.300. The predicted molar refractivity (Wildman–Crippen MR) is 61.4 cm³/mol. The van der Waals surface area contributed by atoms with Gasteiger partial charge in [0.2, 0.25) is 0 Å². The van der Waals surface area contributed by atoms with Crippen molar-refractivity contribution in [3.8, 4) is 0 Å². The van der Waals surface area contributed by atoms with Gasteiger partial charge in [0, 0.05) is 5.69 Å². The topological polar surface area (TPSA) is 55.7 Å². The first-order valence-electron chi connectivity index (χ1n) is 4.62. The fourth-order valence-electron chi connectivity index (χ4n) is 1.51. The first-order valence-corrected chi connectivity index (χ1v) is 5.03. The third-order valence-electron chi connectivity index (χ3n) is 2.35. The largest absolute Gasteiger partial charge is 0.369 e. The van der Waals surface area contributed by atoms with Gasteiger partial charge in [-0.25, -0.2) is 0 Å². The molecular weight excluding hydrogens is 212 g/mol. The van der Waals surface area contributed by atoms with Crippen molar-refractivity contribution >= 4 is 23.0 Å². The van der Waals surface area contributed by atoms with Crippen LogP contribution in [0.5, 0.6) is 0 Å². The van der Waals surface area contributed by atoms with Crippen LogP contribution in [0.3, 0.4) is 0 Å². The van der Waals surface area contributed by atoms with E-state index in [1.54, 1.807) is 0 Å². The van der Waals surface area contributed by atoms with Crippen LogP contribution in [0, 0.1) is 6.92 Å². The number of thiocarbonyl (C=S) groups is 1. The minimum absolute atomic E-state index is 0.332. The van der Waals surface area contributed by atoms with Gasteiger partial charge in [-0.1, -0.05) is 17.7 Å². The van der Waals surface area contributed by atoms with E-state index < -0.39 is 12.5 Å². The Kier molecular flexibility index (Phi) is 2.60. The van der Waals surface area contributed by atoms with E-state index in [1.165, 1.54) is 4.90 Å². The Balaban J connectivity index is 2.30. The number of aliphatic hydroxyl groups is 2. The smallest absolute Gasteiger partial charge is 0.178 e. The molecule has 1 heterocycles. The summed E-state index contributed by atoms with van der Waals surface area (Å²) in [6, 6.07) is 7.56. The van der Waals surface area contributed by atoms with Crippen LogP contribution in [0.1, 0.15) is 5.56 Å². The Morgan fingerprint density at radius 2 is 1.87 bits per heavy atom. The first kappa shape index (κ1) is 10.4. The molecule has 0 bridgehead atoms. The second-order valence-electron chi connectivity index (χ2n) is 3.51. The van der Waals surface area contributed by atoms with Gasteiger partial charge in [0.1, 0.15) is 0 Å². The van der Waals surface area contributed by atoms with E-state index in [1.807, 2.05) is 31.2 Å². The van der Waals surface area contributed by atoms with E-state index in [0.29, 0.717) is 5.11 Å². The summed E-state index contributed by atoms with van der Waals surface area (Å²) in [6.07, 6.45) is -2.06. The normalized spacial score (nSPS) is 25.5. The summed E-state index contributed by atoms with van der Waals surface area (Å²) in [5, 5.41) is 22.0. The molecule has 1 saturated heterocycles. The quantitative estimate of drug-likeness (QED) is 0.600. The summed E-state index contributed by atoms with van der Waals surface area (Å²) in [7, 11) is 0. The Hall–Kier alpha value is -1.17. The second kappa shape index (κ2) is 3.77. The van der Waals surface area contributed by atoms with E-state index in [2.05, 4.69) is 5.32 Å². The van der Waals surface area contributed by atoms with Crippen molar-refractivity contribution in [2.24, 2.45) is 0 Å². The van der Waals surface area contributed by atoms with E-state index in [9.17, 15) is 10.2 Å². The molecule has 80 valence electrons. The Bertz CT molecular complexity index is 380. The first-order chi connectivity index (χ1) is 7.09. The van der Waals surface area contributed by atoms with Gasteiger partial charge < -0.3 is 15.5 Å². The number of aryl methyl sites for hydroxylation is 1. The molecule has 1 aliphatic rings. The van der Waals surface area contributed by atoms with Gasteiger partial charge in [-0.2, -0.15) is 0 Å². The van der Waals surface area contributed by atoms with Crippen molar-refractivity contribution in [3.63, 3.8) is 0 Å². The summed E-state index contributed by atoms with van der Waals surface area (Å²) in [5.41, 5.74) is 1.90. The minimum Gasteiger partial charge on any atom is -0.369 e. The lowest BCUT2D eigenvalue weighted by Crippen LogP contribution is -2.36. The molecule has 0 aliphatic carbocycles. The number of hydrogen-bond acceptors (Lipinski definition) is 3. The average Bonchev–Trinajstić information content (AvgIpc) is 2.44. The number of nitrogens with one attached hydrogen (secondary N) is 1. The third-order valence-corrected chi connectivity index (χ3v) is 2.66. The van der Waals surface area contributed by atoms with Crippen molar-refractivity contribution in [2.75, 3.05) is 4.90 Å². The number of aliphatic hydroxyl groups excluding tert-OH is 2. The minimum atomic E-state index is -1.03. The molecule has 3 N–H and O–H groups in total. The van der Waals surface area contributed by atoms with E-state index in [-0.39, 0.29) is 0 Å². The molecule has 1 aromatic carbocycles. The standard InChI is InChI=1S/C10H12N2O2S/c1-6-2-4-7(5-3-6)12-9(14)8(13)11-10(12)15/h2-5,8-9,13-14H,1H3,(H,11,15). The summed E-state index contributed by atoms with van der Waals surface area (Å²) in [5.74, 6) is 0. The van der Waals surface area contributed by atoms with E-state index >= 15 is 0 Å². The molecule has 1 fully saturated rings. The Morgan fingerprint density at radius 3 is 2.33 bits per heavy atom. The van der Waals surface area contributed by atoms with Crippen LogP contribution in [0.2, 0.25) is 0 Å². The molecule has 0 aromatic heterocycles. The molecule has 4 nitrogen and oxygen atoms in total. The van der Waals surface area contributed by atoms with Crippen LogP contribution in [-0.2, 0) is 0 Å². The van der Waals surface area contributed by atoms with Crippen LogP contribution in [-0.4, -0.2) is 27.8 Å². The molecule has 5 heteroatoms. The third kappa shape index (κ3) is 1.81. The molecule has 0 spiro atoms. The monoisotopic (exact) mass is 224 g/mol. The van der Waals surface area contributed by atoms with Gasteiger partial charge in [0.05, 0.1) is 0 Å². The van der Waals surface area contributed by atoms with Crippen LogP contribution in [0.15, 0.2) is 24.3 Å². The summed E-state index contributed by atoms with van der Waals surface area (Å²) >= 11 is 5.00. The molecule has 0 amide bonds. The fourth-order valence-corrected chi connectivity index (χ4v) is 1.84. The molecule has 0 radical (unpaired) electrons. The van der Waals surface area contributed by atoms with Gasteiger partial charge in [-0.05, 0) is 31.3 Å². The molecule has 2 unspecified atom stereocenters. The summed E-state index contributed by atoms with van der Waals surface area (Å²) in [6.45, 7) is 1.98. The van der Waals surface area contributed by atoms with Gasteiger partial charge in [0.25, 0.3) is 0 Å². The van der Waals surface area contributed by atoms with Crippen molar-refractivity contribution in [3.05, 3.63) is 29.8 Å². The number of benzene rings is 1. The lowest BCUT2D eigenvalue weighted by atomic mass is 10.2. The lowest BCUT2D eigenvalue weighted by molar-refractivity contribution is 0.0332. The molecule has 2 rings (SSSR count). The van der Waals surface area contributed by atoms with Crippen molar-refractivity contribution in [1.29, 1.82) is 0 Å². The van der Waals surface area contributed by atoms with Crippen LogP contribution in [0.4, 0.5) is 5.69 Å². The van der Waals surface area contributed by atoms with Crippen LogP contribution < -0.4 is 10.2 Å². The van der Waals surface area contributed by atoms with E-state index in [0.717, 1.165) is 11.3 Å². The highest BCUT2D eigenvalue weighted by Crippen LogP contribution is 2.21. The maximum atomic E-state index is 9.68. The maximum absolute atomic E-state index is 9.68. The molecule has 1 aromatic rings. The number of anilines is 1. The molecule has 1 aliphatic heterocycles. The van der Waals surface area contributed by atoms with Crippen molar-refractivity contribution < 1.29 is 10.2 Å². The molecule has 2 atom stereocenters. The maximum Gasteiger partial charge on any atom is 0.178 e. The summed E-state index contributed by atoms with van der Waals surface area (Å²) in [4.78, 5) is 1.49. The highest BCUT2D eigenvalue weighted by atomic mass is 32.1. The SMILES string of the molecule is Cc1ccc(N2C(=S)NC(O)C2O)cc1. The van der Waals surface area contributed by atoms with Crippen LogP contribution in [0.25, 0.3) is 0 Å². The molecule has 0 saturated carbocycles. The van der Waals surface area contributed by atoms with Gasteiger partial charge >= 0.3 is 0 Å². The molecular formula is C10H12N2O2S. The van der Waals surface area contributed by atoms with Crippen LogP contribution >= 0.6 is 12.2 Å². The van der Waals surface area contributed by atoms with Gasteiger partial charge in [-0.3, -0.25) is 4.90 Å². The second-order valence-corrected chi connectivity index (χ2v) is 3.90. The molecule has 15 heavy (non-hydrogen) atoms. The van der Waals surface area contributed by atoms with Crippen molar-refractivity contribution in [1.82, 2.24) is 5.32 Å². The zero-order valence-corrected chi connectivity index (χ0v) is 9.03. The Morgan fingerprint density at radius 1 is 1.27 bits per heavy atom. The lowest BCUT2D eigenvalue weighted by Gasteiger charge is -2.21. The van der Waals surface area contributed by atoms with E-state index in [4.69, 9.17) is 12.2 Å². The Labute approximate surface area is 93.1 Å².